The smallest absolute Gasteiger partial charge is 0.407 e. The standard InChI is InChI=1S/C27H26N2O7/c1-15(2)16-11-17(25(30)24(13-16)29(34)35)12-23(26(31)32)28-27(33)36-14-22-20-9-5-3-7-18(20)19-8-4-6-10-21(19)22/h3-11,13,15,22-23,30H,12,14H2,1-2H3,(H,28,33)(H,31,32). The lowest BCUT2D eigenvalue weighted by molar-refractivity contribution is -0.386. The topological polar surface area (TPSA) is 139 Å². The van der Waals surface area contributed by atoms with Gasteiger partial charge in [-0.05, 0) is 33.7 Å². The number of benzene rings is 3. The molecule has 0 saturated carbocycles. The van der Waals surface area contributed by atoms with Gasteiger partial charge in [0.15, 0.2) is 5.75 Å². The normalized spacial score (nSPS) is 13.1. The van der Waals surface area contributed by atoms with Crippen LogP contribution >= 0.6 is 0 Å². The molecule has 0 radical (unpaired) electrons. The Morgan fingerprint density at radius 3 is 2.17 bits per heavy atom. The molecule has 3 aromatic carbocycles. The molecule has 0 bridgehead atoms. The van der Waals surface area contributed by atoms with Crippen LogP contribution < -0.4 is 5.32 Å². The van der Waals surface area contributed by atoms with E-state index in [9.17, 15) is 29.9 Å². The van der Waals surface area contributed by atoms with Gasteiger partial charge in [-0.15, -0.1) is 0 Å². The summed E-state index contributed by atoms with van der Waals surface area (Å²) in [5.74, 6) is -2.27. The number of rotatable bonds is 8. The monoisotopic (exact) mass is 490 g/mol. The summed E-state index contributed by atoms with van der Waals surface area (Å²) in [6.07, 6.45) is -1.29. The number of amides is 1. The van der Waals surface area contributed by atoms with E-state index in [-0.39, 0.29) is 30.4 Å². The molecule has 0 spiro atoms. The second kappa shape index (κ2) is 10.1. The number of nitrogens with one attached hydrogen (secondary N) is 1. The highest BCUT2D eigenvalue weighted by molar-refractivity contribution is 5.81. The van der Waals surface area contributed by atoms with Crippen molar-refractivity contribution in [3.05, 3.63) is 93.0 Å². The fourth-order valence-electron chi connectivity index (χ4n) is 4.53. The van der Waals surface area contributed by atoms with E-state index in [1.54, 1.807) is 0 Å². The minimum Gasteiger partial charge on any atom is -0.502 e. The summed E-state index contributed by atoms with van der Waals surface area (Å²) in [4.78, 5) is 35.1. The Morgan fingerprint density at radius 1 is 1.06 bits per heavy atom. The second-order valence-corrected chi connectivity index (χ2v) is 9.02. The zero-order valence-corrected chi connectivity index (χ0v) is 19.8. The molecule has 1 amide bonds. The number of ether oxygens (including phenoxy) is 1. The molecule has 4 rings (SSSR count). The fraction of sp³-hybridized carbons (Fsp3) is 0.259. The molecule has 186 valence electrons. The first-order chi connectivity index (χ1) is 17.2. The summed E-state index contributed by atoms with van der Waals surface area (Å²) >= 11 is 0. The molecule has 36 heavy (non-hydrogen) atoms. The van der Waals surface area contributed by atoms with Crippen LogP contribution in [-0.2, 0) is 16.0 Å². The van der Waals surface area contributed by atoms with Crippen molar-refractivity contribution in [2.45, 2.75) is 38.1 Å². The van der Waals surface area contributed by atoms with Gasteiger partial charge in [0.1, 0.15) is 12.6 Å². The molecule has 3 aromatic rings. The van der Waals surface area contributed by atoms with Gasteiger partial charge in [-0.3, -0.25) is 10.1 Å². The molecular weight excluding hydrogens is 464 g/mol. The number of carboxylic acid groups (broad SMARTS) is 1. The summed E-state index contributed by atoms with van der Waals surface area (Å²) in [7, 11) is 0. The van der Waals surface area contributed by atoms with Crippen molar-refractivity contribution in [1.29, 1.82) is 0 Å². The number of nitro benzene ring substituents is 1. The van der Waals surface area contributed by atoms with Gasteiger partial charge in [0.25, 0.3) is 0 Å². The minimum absolute atomic E-state index is 0.00571. The number of carbonyl (C=O) groups is 2. The van der Waals surface area contributed by atoms with Crippen molar-refractivity contribution in [1.82, 2.24) is 5.32 Å². The number of alkyl carbamates (subject to hydrolysis) is 1. The Kier molecular flexibility index (Phi) is 6.91. The summed E-state index contributed by atoms with van der Waals surface area (Å²) in [6, 6.07) is 17.0. The summed E-state index contributed by atoms with van der Waals surface area (Å²) in [6.45, 7) is 3.65. The van der Waals surface area contributed by atoms with Gasteiger partial charge >= 0.3 is 17.7 Å². The van der Waals surface area contributed by atoms with Crippen molar-refractivity contribution in [2.24, 2.45) is 0 Å². The van der Waals surface area contributed by atoms with Crippen LogP contribution in [0.15, 0.2) is 60.7 Å². The van der Waals surface area contributed by atoms with Crippen molar-refractivity contribution in [3.8, 4) is 16.9 Å². The first-order valence-electron chi connectivity index (χ1n) is 11.5. The van der Waals surface area contributed by atoms with Crippen LogP contribution in [0.1, 0.15) is 47.9 Å². The highest BCUT2D eigenvalue weighted by Crippen LogP contribution is 2.44. The van der Waals surface area contributed by atoms with Crippen LogP contribution in [0.3, 0.4) is 0 Å². The number of nitro groups is 1. The van der Waals surface area contributed by atoms with Crippen molar-refractivity contribution in [2.75, 3.05) is 6.61 Å². The average molecular weight is 491 g/mol. The van der Waals surface area contributed by atoms with E-state index in [2.05, 4.69) is 5.32 Å². The zero-order valence-electron chi connectivity index (χ0n) is 19.8. The van der Waals surface area contributed by atoms with Crippen LogP contribution in [-0.4, -0.2) is 39.8 Å². The molecule has 1 unspecified atom stereocenters. The van der Waals surface area contributed by atoms with Crippen LogP contribution in [0, 0.1) is 10.1 Å². The number of phenols is 1. The van der Waals surface area contributed by atoms with E-state index in [1.807, 2.05) is 62.4 Å². The van der Waals surface area contributed by atoms with Gasteiger partial charge in [-0.2, -0.15) is 0 Å². The molecule has 9 nitrogen and oxygen atoms in total. The Hall–Kier alpha value is -4.40. The third-order valence-corrected chi connectivity index (χ3v) is 6.41. The molecule has 9 heteroatoms. The fourth-order valence-corrected chi connectivity index (χ4v) is 4.53. The van der Waals surface area contributed by atoms with Crippen molar-refractivity contribution in [3.63, 3.8) is 0 Å². The Morgan fingerprint density at radius 2 is 1.64 bits per heavy atom. The number of nitrogens with zero attached hydrogens (tertiary/aromatic N) is 1. The lowest BCUT2D eigenvalue weighted by Gasteiger charge is -2.18. The first kappa shape index (κ1) is 24.7. The van der Waals surface area contributed by atoms with E-state index >= 15 is 0 Å². The maximum Gasteiger partial charge on any atom is 0.407 e. The average Bonchev–Trinajstić information content (AvgIpc) is 3.16. The number of carboxylic acids is 1. The maximum absolute atomic E-state index is 12.6. The van der Waals surface area contributed by atoms with Crippen LogP contribution in [0.4, 0.5) is 10.5 Å². The van der Waals surface area contributed by atoms with Crippen LogP contribution in [0.25, 0.3) is 11.1 Å². The van der Waals surface area contributed by atoms with Crippen molar-refractivity contribution < 1.29 is 29.5 Å². The largest absolute Gasteiger partial charge is 0.502 e. The Bertz CT molecular complexity index is 1290. The van der Waals surface area contributed by atoms with E-state index < -0.39 is 34.5 Å². The Balaban J connectivity index is 1.49. The SMILES string of the molecule is CC(C)c1cc(CC(NC(=O)OCC2c3ccccc3-c3ccccc32)C(=O)O)c(O)c([N+](=O)[O-])c1. The maximum atomic E-state index is 12.6. The minimum atomic E-state index is -1.46. The molecule has 1 atom stereocenters. The third-order valence-electron chi connectivity index (χ3n) is 6.41. The molecule has 0 fully saturated rings. The molecular formula is C27H26N2O7. The molecule has 0 heterocycles. The first-order valence-corrected chi connectivity index (χ1v) is 11.5. The molecule has 0 saturated heterocycles. The van der Waals surface area contributed by atoms with E-state index in [0.29, 0.717) is 5.56 Å². The Labute approximate surface area is 207 Å². The molecule has 0 aliphatic heterocycles. The van der Waals surface area contributed by atoms with E-state index in [0.717, 1.165) is 22.3 Å². The van der Waals surface area contributed by atoms with Gasteiger partial charge < -0.3 is 20.3 Å². The number of hydrogen-bond acceptors (Lipinski definition) is 6. The van der Waals surface area contributed by atoms with E-state index in [1.165, 1.54) is 12.1 Å². The highest BCUT2D eigenvalue weighted by atomic mass is 16.6. The number of aromatic hydroxyl groups is 1. The van der Waals surface area contributed by atoms with Gasteiger partial charge in [0.05, 0.1) is 4.92 Å². The van der Waals surface area contributed by atoms with Crippen LogP contribution in [0.5, 0.6) is 5.75 Å². The summed E-state index contributed by atoms with van der Waals surface area (Å²) < 4.78 is 5.43. The van der Waals surface area contributed by atoms with Crippen molar-refractivity contribution >= 4 is 17.7 Å². The number of hydrogen-bond donors (Lipinski definition) is 3. The van der Waals surface area contributed by atoms with E-state index in [4.69, 9.17) is 4.74 Å². The number of fused-ring (bicyclic) bond motifs is 3. The summed E-state index contributed by atoms with van der Waals surface area (Å²) in [5.41, 5.74) is 4.27. The highest BCUT2D eigenvalue weighted by Gasteiger charge is 2.30. The molecule has 1 aliphatic rings. The van der Waals surface area contributed by atoms with Gasteiger partial charge in [-0.1, -0.05) is 68.4 Å². The third kappa shape index (κ3) is 4.86. The van der Waals surface area contributed by atoms with Gasteiger partial charge in [-0.25, -0.2) is 9.59 Å². The van der Waals surface area contributed by atoms with Gasteiger partial charge in [0, 0.05) is 24.0 Å². The number of aliphatic carboxylic acids is 1. The molecule has 1 aliphatic carbocycles. The quantitative estimate of drug-likeness (QED) is 0.300. The zero-order chi connectivity index (χ0) is 26.0. The molecule has 3 N–H and O–H groups in total. The predicted molar refractivity (Wildman–Crippen MR) is 132 cm³/mol. The lowest BCUT2D eigenvalue weighted by Crippen LogP contribution is -2.43. The van der Waals surface area contributed by atoms with Gasteiger partial charge in [0.2, 0.25) is 0 Å². The summed E-state index contributed by atoms with van der Waals surface area (Å²) in [5, 5.41) is 33.8. The number of phenolic OH excluding ortho intramolecular Hbond substituents is 1. The lowest BCUT2D eigenvalue weighted by atomic mass is 9.95. The van der Waals surface area contributed by atoms with Crippen LogP contribution in [0.2, 0.25) is 0 Å². The number of carbonyl (C=O) groups excluding carboxylic acids is 1. The molecule has 0 aromatic heterocycles. The second-order valence-electron chi connectivity index (χ2n) is 9.02. The predicted octanol–water partition coefficient (Wildman–Crippen LogP) is 4.96.